The number of hydrogen-bond acceptors (Lipinski definition) is 0. The van der Waals surface area contributed by atoms with Crippen molar-refractivity contribution in [2.24, 2.45) is 0 Å². The zero-order valence-electron chi connectivity index (χ0n) is 18.1. The molecule has 158 valence electrons. The van der Waals surface area contributed by atoms with E-state index >= 15 is 0 Å². The van der Waals surface area contributed by atoms with Crippen molar-refractivity contribution in [2.75, 3.05) is 0 Å². The maximum atomic E-state index is 2.55. The van der Waals surface area contributed by atoms with Crippen LogP contribution >= 0.6 is 0 Å². The third kappa shape index (κ3) is 3.53. The molecule has 0 saturated carbocycles. The largest absolute Gasteiger partial charge is 1.00 e. The fourth-order valence-electron chi connectivity index (χ4n) is 4.99. The van der Waals surface area contributed by atoms with Crippen LogP contribution in [0.4, 0.5) is 0 Å². The van der Waals surface area contributed by atoms with Gasteiger partial charge in [-0.05, 0) is 0 Å². The van der Waals surface area contributed by atoms with Crippen molar-refractivity contribution in [3.05, 3.63) is 105 Å². The molecule has 0 N–H and O–H groups in total. The first-order valence-corrected chi connectivity index (χ1v) is 12.3. The third-order valence-electron chi connectivity index (χ3n) is 6.72. The first-order valence-electron chi connectivity index (χ1n) is 10.6. The second kappa shape index (κ2) is 9.08. The van der Waals surface area contributed by atoms with Crippen LogP contribution in [-0.2, 0) is 19.2 Å². The fourth-order valence-corrected chi connectivity index (χ4v) is 7.74. The van der Waals surface area contributed by atoms with Crippen molar-refractivity contribution in [1.82, 2.24) is 4.57 Å². The SMILES string of the molecule is CC1=CC[C]([Ti+2][CH]2C(n3c4ccccc4c4ccccc43)=Cc3ccccc32)=C1C.[Cl-].[Cl-]. The van der Waals surface area contributed by atoms with E-state index in [2.05, 4.69) is 103 Å². The number of aromatic nitrogens is 1. The zero-order chi connectivity index (χ0) is 20.2. The van der Waals surface area contributed by atoms with E-state index in [1.807, 2.05) is 0 Å². The number of rotatable bonds is 3. The van der Waals surface area contributed by atoms with E-state index in [-0.39, 0.29) is 44.0 Å². The van der Waals surface area contributed by atoms with E-state index in [0.29, 0.717) is 4.22 Å². The minimum Gasteiger partial charge on any atom is -1.00 e. The topological polar surface area (TPSA) is 4.93 Å². The fraction of sp³-hybridized carbons (Fsp3) is 0.143. The molecular weight excluding hydrogens is 469 g/mol. The van der Waals surface area contributed by atoms with Crippen molar-refractivity contribution in [1.29, 1.82) is 0 Å². The molecule has 1 unspecified atom stereocenters. The van der Waals surface area contributed by atoms with Gasteiger partial charge in [-0.25, -0.2) is 0 Å². The summed E-state index contributed by atoms with van der Waals surface area (Å²) in [5.41, 5.74) is 10.0. The number of halogens is 2. The summed E-state index contributed by atoms with van der Waals surface area (Å²) in [4.78, 5) is 0. The summed E-state index contributed by atoms with van der Waals surface area (Å²) < 4.78 is 4.76. The molecule has 0 amide bonds. The number of benzene rings is 3. The minimum absolute atomic E-state index is 0. The zero-order valence-corrected chi connectivity index (χ0v) is 21.1. The predicted octanol–water partition coefficient (Wildman–Crippen LogP) is 1.56. The van der Waals surface area contributed by atoms with Gasteiger partial charge in [-0.2, -0.15) is 0 Å². The molecule has 4 heteroatoms. The van der Waals surface area contributed by atoms with E-state index in [1.54, 1.807) is 9.45 Å². The molecule has 1 aromatic heterocycles. The molecule has 3 aromatic carbocycles. The van der Waals surface area contributed by atoms with E-state index in [1.165, 1.54) is 44.2 Å². The summed E-state index contributed by atoms with van der Waals surface area (Å²) >= 11 is -0.330. The first kappa shape index (κ1) is 23.1. The molecule has 0 bridgehead atoms. The smallest absolute Gasteiger partial charge is 1.00 e. The van der Waals surface area contributed by atoms with Crippen LogP contribution in [0, 0.1) is 0 Å². The molecule has 1 heterocycles. The van der Waals surface area contributed by atoms with Crippen LogP contribution < -0.4 is 24.8 Å². The van der Waals surface area contributed by atoms with Gasteiger partial charge in [0, 0.05) is 0 Å². The standard InChI is InChI=1S/C21H14N.C7H9.2ClH.Ti/c1-2-8-16-14-17(13-15(16)7-1)22-20-11-5-3-9-18(20)19-10-4-6-12-21(19)22;1-6-4-3-5-7(6)2;;;/h1-14H;4H,3H2,1-2H3;2*1H;/q;;;;+2/p-2. The second-order valence-electron chi connectivity index (χ2n) is 8.34. The Morgan fingerprint density at radius 3 is 2.00 bits per heavy atom. The van der Waals surface area contributed by atoms with Crippen molar-refractivity contribution in [3.63, 3.8) is 0 Å². The summed E-state index contributed by atoms with van der Waals surface area (Å²) in [5.74, 6) is 0. The summed E-state index contributed by atoms with van der Waals surface area (Å²) in [6, 6.07) is 26.8. The Morgan fingerprint density at radius 1 is 0.781 bits per heavy atom. The molecule has 2 aliphatic rings. The maximum absolute atomic E-state index is 2.55. The van der Waals surface area contributed by atoms with Gasteiger partial charge in [0.25, 0.3) is 0 Å². The van der Waals surface area contributed by atoms with Gasteiger partial charge in [0.1, 0.15) is 0 Å². The number of allylic oxidation sites excluding steroid dienone is 5. The Balaban J connectivity index is 0.00000122. The normalized spacial score (nSPS) is 16.9. The van der Waals surface area contributed by atoms with Gasteiger partial charge >= 0.3 is 187 Å². The van der Waals surface area contributed by atoms with Crippen LogP contribution in [0.1, 0.15) is 35.6 Å². The number of hydrogen-bond donors (Lipinski definition) is 0. The summed E-state index contributed by atoms with van der Waals surface area (Å²) in [7, 11) is 0. The second-order valence-corrected chi connectivity index (χ2v) is 10.6. The number of para-hydroxylation sites is 2. The average molecular weight is 492 g/mol. The Labute approximate surface area is 210 Å². The van der Waals surface area contributed by atoms with Gasteiger partial charge in [-0.3, -0.25) is 0 Å². The molecule has 4 aromatic rings. The molecule has 0 saturated heterocycles. The van der Waals surface area contributed by atoms with Gasteiger partial charge in [-0.15, -0.1) is 0 Å². The van der Waals surface area contributed by atoms with Crippen LogP contribution in [0.5, 0.6) is 0 Å². The van der Waals surface area contributed by atoms with E-state index < -0.39 is 0 Å². The molecule has 1 atom stereocenters. The van der Waals surface area contributed by atoms with E-state index in [9.17, 15) is 0 Å². The molecule has 0 spiro atoms. The van der Waals surface area contributed by atoms with Crippen LogP contribution in [-0.4, -0.2) is 4.57 Å². The van der Waals surface area contributed by atoms with Crippen molar-refractivity contribution < 1.29 is 44.0 Å². The van der Waals surface area contributed by atoms with Crippen LogP contribution in [0.15, 0.2) is 93.9 Å². The molecular formula is C28H23Cl2NTi. The van der Waals surface area contributed by atoms with E-state index in [0.717, 1.165) is 6.42 Å². The van der Waals surface area contributed by atoms with Gasteiger partial charge in [0.05, 0.1) is 0 Å². The molecule has 0 fully saturated rings. The van der Waals surface area contributed by atoms with E-state index in [4.69, 9.17) is 0 Å². The average Bonchev–Trinajstić information content (AvgIpc) is 3.41. The van der Waals surface area contributed by atoms with Gasteiger partial charge in [0.2, 0.25) is 0 Å². The summed E-state index contributed by atoms with van der Waals surface area (Å²) in [6.45, 7) is 4.59. The Hall–Kier alpha value is -2.03. The third-order valence-corrected chi connectivity index (χ3v) is 9.57. The van der Waals surface area contributed by atoms with Gasteiger partial charge < -0.3 is 24.8 Å². The molecule has 0 radical (unpaired) electrons. The molecule has 1 nitrogen and oxygen atoms in total. The van der Waals surface area contributed by atoms with Crippen molar-refractivity contribution in [3.8, 4) is 0 Å². The maximum Gasteiger partial charge on any atom is -1.00 e. The minimum atomic E-state index is -0.330. The molecule has 0 aliphatic heterocycles. The monoisotopic (exact) mass is 491 g/mol. The number of fused-ring (bicyclic) bond motifs is 4. The Kier molecular flexibility index (Phi) is 6.57. The number of nitrogens with zero attached hydrogens (tertiary/aromatic N) is 1. The Morgan fingerprint density at radius 2 is 1.38 bits per heavy atom. The molecule has 6 rings (SSSR count). The predicted molar refractivity (Wildman–Crippen MR) is 124 cm³/mol. The summed E-state index contributed by atoms with van der Waals surface area (Å²) in [5, 5.41) is 2.69. The summed E-state index contributed by atoms with van der Waals surface area (Å²) in [6.07, 6.45) is 6.02. The van der Waals surface area contributed by atoms with Gasteiger partial charge in [-0.1, -0.05) is 0 Å². The quantitative estimate of drug-likeness (QED) is 0.383. The van der Waals surface area contributed by atoms with Gasteiger partial charge in [0.15, 0.2) is 0 Å². The Bertz CT molecular complexity index is 1370. The molecule has 2 aliphatic carbocycles. The first-order chi connectivity index (χ1) is 14.7. The molecule has 32 heavy (non-hydrogen) atoms. The van der Waals surface area contributed by atoms with Crippen LogP contribution in [0.3, 0.4) is 0 Å². The van der Waals surface area contributed by atoms with Crippen LogP contribution in [0.2, 0.25) is 0 Å². The van der Waals surface area contributed by atoms with Crippen LogP contribution in [0.25, 0.3) is 33.6 Å². The van der Waals surface area contributed by atoms with Crippen molar-refractivity contribution in [2.45, 2.75) is 24.5 Å². The van der Waals surface area contributed by atoms with Crippen molar-refractivity contribution >= 4 is 33.6 Å².